The van der Waals surface area contributed by atoms with Crippen LogP contribution in [-0.2, 0) is 6.54 Å². The summed E-state index contributed by atoms with van der Waals surface area (Å²) in [6.45, 7) is 2.06. The monoisotopic (exact) mass is 342 g/mol. The van der Waals surface area contributed by atoms with Gasteiger partial charge in [-0.25, -0.2) is 4.68 Å². The van der Waals surface area contributed by atoms with Gasteiger partial charge in [-0.1, -0.05) is 47.6 Å². The van der Waals surface area contributed by atoms with Crippen molar-refractivity contribution in [3.8, 4) is 17.3 Å². The lowest BCUT2D eigenvalue weighted by molar-refractivity contribution is 0.405. The van der Waals surface area contributed by atoms with E-state index in [1.807, 2.05) is 42.5 Å². The zero-order valence-electron chi connectivity index (χ0n) is 14.0. The molecule has 0 bridgehead atoms. The van der Waals surface area contributed by atoms with Crippen LogP contribution in [0.4, 0.5) is 0 Å². The summed E-state index contributed by atoms with van der Waals surface area (Å²) in [5, 5.41) is 18.1. The van der Waals surface area contributed by atoms with E-state index in [9.17, 15) is 4.79 Å². The molecular weight excluding hydrogens is 328 g/mol. The highest BCUT2D eigenvalue weighted by Gasteiger charge is 2.18. The van der Waals surface area contributed by atoms with E-state index in [4.69, 9.17) is 9.78 Å². The fourth-order valence-electron chi connectivity index (χ4n) is 2.90. The zero-order chi connectivity index (χ0) is 18.1. The Morgan fingerprint density at radius 3 is 2.54 bits per heavy atom. The van der Waals surface area contributed by atoms with Gasteiger partial charge in [0.15, 0.2) is 5.52 Å². The highest BCUT2D eigenvalue weighted by atomic mass is 16.5. The number of aryl methyl sites for hydroxylation is 1. The number of hydrogen-bond acceptors (Lipinski definition) is 5. The smallest absolute Gasteiger partial charge is 0.297 e. The number of nitrogens with zero attached hydrogens (tertiary/aromatic N) is 4. The maximum Gasteiger partial charge on any atom is 0.297 e. The SMILES string of the molecule is Cc1onc2c(=O)n(Cc3ccc(C#N)cc3)nc(-c3ccccc3)c12. The molecule has 0 atom stereocenters. The Morgan fingerprint density at radius 2 is 1.85 bits per heavy atom. The Labute approximate surface area is 148 Å². The summed E-state index contributed by atoms with van der Waals surface area (Å²) in [5.41, 5.74) is 2.95. The van der Waals surface area contributed by atoms with Gasteiger partial charge in [-0.05, 0) is 24.6 Å². The van der Waals surface area contributed by atoms with Gasteiger partial charge in [0.25, 0.3) is 5.56 Å². The molecule has 0 N–H and O–H groups in total. The van der Waals surface area contributed by atoms with E-state index in [0.717, 1.165) is 11.1 Å². The molecule has 6 heteroatoms. The Morgan fingerprint density at radius 1 is 1.12 bits per heavy atom. The maximum absolute atomic E-state index is 12.8. The summed E-state index contributed by atoms with van der Waals surface area (Å²) < 4.78 is 6.64. The van der Waals surface area contributed by atoms with Crippen molar-refractivity contribution in [1.82, 2.24) is 14.9 Å². The molecule has 4 rings (SSSR count). The van der Waals surface area contributed by atoms with Gasteiger partial charge in [-0.2, -0.15) is 10.4 Å². The minimum absolute atomic E-state index is 0.269. The van der Waals surface area contributed by atoms with Crippen LogP contribution in [0.1, 0.15) is 16.9 Å². The van der Waals surface area contributed by atoms with Crippen LogP contribution in [0.15, 0.2) is 63.9 Å². The normalized spacial score (nSPS) is 10.8. The van der Waals surface area contributed by atoms with Gasteiger partial charge >= 0.3 is 0 Å². The van der Waals surface area contributed by atoms with E-state index < -0.39 is 0 Å². The molecule has 2 aromatic heterocycles. The molecule has 4 aromatic rings. The predicted octanol–water partition coefficient (Wildman–Crippen LogP) is 3.28. The fraction of sp³-hybridized carbons (Fsp3) is 0.100. The molecule has 2 aromatic carbocycles. The second-order valence-electron chi connectivity index (χ2n) is 5.95. The molecule has 126 valence electrons. The average Bonchev–Trinajstić information content (AvgIpc) is 3.07. The predicted molar refractivity (Wildman–Crippen MR) is 96.5 cm³/mol. The summed E-state index contributed by atoms with van der Waals surface area (Å²) in [7, 11) is 0. The van der Waals surface area contributed by atoms with Crippen LogP contribution in [0.2, 0.25) is 0 Å². The quantitative estimate of drug-likeness (QED) is 0.570. The number of rotatable bonds is 3. The van der Waals surface area contributed by atoms with E-state index in [1.165, 1.54) is 4.68 Å². The third kappa shape index (κ3) is 2.66. The molecule has 2 heterocycles. The molecule has 0 saturated carbocycles. The second kappa shape index (κ2) is 6.30. The summed E-state index contributed by atoms with van der Waals surface area (Å²) in [5.74, 6) is 0.564. The van der Waals surface area contributed by atoms with Gasteiger partial charge in [-0.15, -0.1) is 0 Å². The minimum Gasteiger partial charge on any atom is -0.360 e. The van der Waals surface area contributed by atoms with E-state index in [2.05, 4.69) is 16.3 Å². The molecule has 0 amide bonds. The van der Waals surface area contributed by atoms with Gasteiger partial charge in [0.2, 0.25) is 0 Å². The van der Waals surface area contributed by atoms with Gasteiger partial charge in [0.1, 0.15) is 11.5 Å². The molecule has 0 aliphatic rings. The Kier molecular flexibility index (Phi) is 3.82. The Hall–Kier alpha value is -3.72. The topological polar surface area (TPSA) is 84.7 Å². The molecule has 0 spiro atoms. The average molecular weight is 342 g/mol. The molecule has 0 radical (unpaired) electrons. The first-order valence-corrected chi connectivity index (χ1v) is 8.09. The van der Waals surface area contributed by atoms with E-state index in [1.54, 1.807) is 19.1 Å². The van der Waals surface area contributed by atoms with Crippen LogP contribution in [0, 0.1) is 18.3 Å². The van der Waals surface area contributed by atoms with Crippen molar-refractivity contribution in [1.29, 1.82) is 5.26 Å². The summed E-state index contributed by atoms with van der Waals surface area (Å²) in [6, 6.07) is 18.8. The molecule has 26 heavy (non-hydrogen) atoms. The van der Waals surface area contributed by atoms with Crippen molar-refractivity contribution in [2.75, 3.05) is 0 Å². The van der Waals surface area contributed by atoms with E-state index in [0.29, 0.717) is 22.4 Å². The van der Waals surface area contributed by atoms with Gasteiger partial charge in [0.05, 0.1) is 23.6 Å². The van der Waals surface area contributed by atoms with E-state index >= 15 is 0 Å². The van der Waals surface area contributed by atoms with Crippen molar-refractivity contribution in [3.05, 3.63) is 81.8 Å². The molecule has 0 fully saturated rings. The zero-order valence-corrected chi connectivity index (χ0v) is 14.0. The third-order valence-electron chi connectivity index (χ3n) is 4.22. The third-order valence-corrected chi connectivity index (χ3v) is 4.22. The van der Waals surface area contributed by atoms with Crippen LogP contribution in [0.5, 0.6) is 0 Å². The molecule has 0 aliphatic heterocycles. The van der Waals surface area contributed by atoms with Crippen molar-refractivity contribution in [2.24, 2.45) is 0 Å². The molecule has 0 saturated heterocycles. The first kappa shape index (κ1) is 15.8. The van der Waals surface area contributed by atoms with Gasteiger partial charge in [-0.3, -0.25) is 4.79 Å². The van der Waals surface area contributed by atoms with Crippen molar-refractivity contribution >= 4 is 10.9 Å². The van der Waals surface area contributed by atoms with Crippen molar-refractivity contribution < 1.29 is 4.52 Å². The standard InChI is InChI=1S/C20H14N4O2/c1-13-17-18(16-5-3-2-4-6-16)22-24(20(25)19(17)23-26-13)12-15-9-7-14(11-21)8-10-15/h2-10H,12H2,1H3. The lowest BCUT2D eigenvalue weighted by Crippen LogP contribution is -2.24. The molecular formula is C20H14N4O2. The number of nitriles is 1. The van der Waals surface area contributed by atoms with Gasteiger partial charge in [0, 0.05) is 5.56 Å². The van der Waals surface area contributed by atoms with Crippen LogP contribution < -0.4 is 5.56 Å². The molecule has 0 unspecified atom stereocenters. The summed E-state index contributed by atoms with van der Waals surface area (Å²) in [6.07, 6.45) is 0. The Balaban J connectivity index is 1.89. The van der Waals surface area contributed by atoms with Crippen LogP contribution in [-0.4, -0.2) is 14.9 Å². The maximum atomic E-state index is 12.8. The van der Waals surface area contributed by atoms with E-state index in [-0.39, 0.29) is 17.6 Å². The van der Waals surface area contributed by atoms with Crippen LogP contribution in [0.3, 0.4) is 0 Å². The lowest BCUT2D eigenvalue weighted by atomic mass is 10.1. The van der Waals surface area contributed by atoms with Crippen molar-refractivity contribution in [2.45, 2.75) is 13.5 Å². The van der Waals surface area contributed by atoms with Crippen molar-refractivity contribution in [3.63, 3.8) is 0 Å². The first-order valence-electron chi connectivity index (χ1n) is 8.09. The highest BCUT2D eigenvalue weighted by Crippen LogP contribution is 2.27. The fourth-order valence-corrected chi connectivity index (χ4v) is 2.90. The van der Waals surface area contributed by atoms with Crippen LogP contribution in [0.25, 0.3) is 22.2 Å². The Bertz CT molecular complexity index is 1180. The highest BCUT2D eigenvalue weighted by molar-refractivity contribution is 5.92. The van der Waals surface area contributed by atoms with Gasteiger partial charge < -0.3 is 4.52 Å². The number of aromatic nitrogens is 3. The summed E-state index contributed by atoms with van der Waals surface area (Å²) in [4.78, 5) is 12.8. The second-order valence-corrected chi connectivity index (χ2v) is 5.95. The summed E-state index contributed by atoms with van der Waals surface area (Å²) >= 11 is 0. The molecule has 0 aliphatic carbocycles. The minimum atomic E-state index is -0.305. The lowest BCUT2D eigenvalue weighted by Gasteiger charge is -2.09. The molecule has 6 nitrogen and oxygen atoms in total. The number of fused-ring (bicyclic) bond motifs is 1. The number of benzene rings is 2. The number of hydrogen-bond donors (Lipinski definition) is 0. The first-order chi connectivity index (χ1) is 12.7. The largest absolute Gasteiger partial charge is 0.360 e. The van der Waals surface area contributed by atoms with Crippen LogP contribution >= 0.6 is 0 Å².